The highest BCUT2D eigenvalue weighted by Crippen LogP contribution is 2.26. The van der Waals surface area contributed by atoms with E-state index >= 15 is 0 Å². The molecule has 0 heterocycles. The lowest BCUT2D eigenvalue weighted by molar-refractivity contribution is 0.587. The summed E-state index contributed by atoms with van der Waals surface area (Å²) in [6, 6.07) is 15.4. The fraction of sp³-hybridized carbons (Fsp3) is 0.294. The topological polar surface area (TPSA) is 12.0 Å². The molecule has 2 aromatic carbocycles. The van der Waals surface area contributed by atoms with E-state index in [0.717, 1.165) is 6.42 Å². The first-order chi connectivity index (χ1) is 9.11. The number of hydrogen-bond donors (Lipinski definition) is 1. The van der Waals surface area contributed by atoms with Gasteiger partial charge in [0.05, 0.1) is 0 Å². The van der Waals surface area contributed by atoms with E-state index in [2.05, 4.69) is 77.6 Å². The maximum Gasteiger partial charge on any atom is 0.0361 e. The second kappa shape index (κ2) is 6.36. The zero-order valence-electron chi connectivity index (χ0n) is 11.7. The maximum atomic E-state index is 3.63. The second-order valence-electron chi connectivity index (χ2n) is 5.00. The van der Waals surface area contributed by atoms with Crippen molar-refractivity contribution in [2.75, 3.05) is 7.05 Å². The van der Waals surface area contributed by atoms with Crippen molar-refractivity contribution in [2.45, 2.75) is 26.3 Å². The summed E-state index contributed by atoms with van der Waals surface area (Å²) in [6.45, 7) is 4.33. The van der Waals surface area contributed by atoms with Crippen molar-refractivity contribution < 1.29 is 0 Å². The third kappa shape index (κ3) is 3.46. The van der Waals surface area contributed by atoms with Gasteiger partial charge in [-0.05, 0) is 50.1 Å². The summed E-state index contributed by atoms with van der Waals surface area (Å²) in [5.41, 5.74) is 5.38. The summed E-state index contributed by atoms with van der Waals surface area (Å²) in [7, 11) is 2.03. The molecule has 0 aliphatic carbocycles. The van der Waals surface area contributed by atoms with Gasteiger partial charge in [-0.25, -0.2) is 0 Å². The van der Waals surface area contributed by atoms with E-state index < -0.39 is 0 Å². The van der Waals surface area contributed by atoms with Crippen LogP contribution >= 0.6 is 15.9 Å². The summed E-state index contributed by atoms with van der Waals surface area (Å²) in [6.07, 6.45) is 0.988. The van der Waals surface area contributed by atoms with Crippen LogP contribution in [0.4, 0.5) is 0 Å². The normalized spacial score (nSPS) is 12.4. The quantitative estimate of drug-likeness (QED) is 0.871. The van der Waals surface area contributed by atoms with E-state index in [1.165, 1.54) is 26.7 Å². The van der Waals surface area contributed by atoms with Gasteiger partial charge in [0, 0.05) is 10.5 Å². The molecule has 0 saturated carbocycles. The van der Waals surface area contributed by atoms with Crippen LogP contribution in [-0.2, 0) is 6.42 Å². The van der Waals surface area contributed by atoms with Gasteiger partial charge in [0.2, 0.25) is 0 Å². The summed E-state index contributed by atoms with van der Waals surface area (Å²) < 4.78 is 1.18. The molecule has 0 spiro atoms. The summed E-state index contributed by atoms with van der Waals surface area (Å²) in [5.74, 6) is 0. The van der Waals surface area contributed by atoms with Crippen molar-refractivity contribution in [1.82, 2.24) is 5.32 Å². The first-order valence-corrected chi connectivity index (χ1v) is 7.39. The summed E-state index contributed by atoms with van der Waals surface area (Å²) in [5, 5.41) is 3.44. The zero-order valence-corrected chi connectivity index (χ0v) is 13.3. The lowest BCUT2D eigenvalue weighted by atomic mass is 9.94. The average molecular weight is 318 g/mol. The Morgan fingerprint density at radius 3 is 2.53 bits per heavy atom. The van der Waals surface area contributed by atoms with Crippen LogP contribution in [0.1, 0.15) is 28.3 Å². The Labute approximate surface area is 124 Å². The average Bonchev–Trinajstić information content (AvgIpc) is 2.41. The highest BCUT2D eigenvalue weighted by molar-refractivity contribution is 9.10. The van der Waals surface area contributed by atoms with Crippen LogP contribution in [0.3, 0.4) is 0 Å². The molecule has 0 fully saturated rings. The molecular weight excluding hydrogens is 298 g/mol. The fourth-order valence-electron chi connectivity index (χ4n) is 2.39. The molecule has 1 unspecified atom stereocenters. The Bertz CT molecular complexity index is 563. The number of nitrogens with one attached hydrogen (secondary N) is 1. The minimum Gasteiger partial charge on any atom is -0.313 e. The smallest absolute Gasteiger partial charge is 0.0361 e. The van der Waals surface area contributed by atoms with Crippen molar-refractivity contribution in [2.24, 2.45) is 0 Å². The minimum atomic E-state index is 0.346. The van der Waals surface area contributed by atoms with Crippen molar-refractivity contribution in [3.05, 3.63) is 69.2 Å². The zero-order chi connectivity index (χ0) is 13.8. The van der Waals surface area contributed by atoms with E-state index in [9.17, 15) is 0 Å². The number of rotatable bonds is 4. The Hall–Kier alpha value is -1.12. The summed E-state index contributed by atoms with van der Waals surface area (Å²) in [4.78, 5) is 0. The van der Waals surface area contributed by atoms with Gasteiger partial charge in [0.25, 0.3) is 0 Å². The highest BCUT2D eigenvalue weighted by atomic mass is 79.9. The SMILES string of the molecule is CNC(Cc1ccccc1Br)c1cc(C)ccc1C. The number of hydrogen-bond acceptors (Lipinski definition) is 1. The molecule has 1 nitrogen and oxygen atoms in total. The Morgan fingerprint density at radius 1 is 1.11 bits per heavy atom. The largest absolute Gasteiger partial charge is 0.313 e. The van der Waals surface area contributed by atoms with Gasteiger partial charge in [0.1, 0.15) is 0 Å². The van der Waals surface area contributed by atoms with Gasteiger partial charge < -0.3 is 5.32 Å². The van der Waals surface area contributed by atoms with Gasteiger partial charge in [-0.1, -0.05) is 57.9 Å². The third-order valence-corrected chi connectivity index (χ3v) is 4.31. The molecule has 1 atom stereocenters. The molecule has 1 N–H and O–H groups in total. The standard InChI is InChI=1S/C17H20BrN/c1-12-8-9-13(2)15(10-12)17(19-3)11-14-6-4-5-7-16(14)18/h4-10,17,19H,11H2,1-3H3. The second-order valence-corrected chi connectivity index (χ2v) is 5.85. The van der Waals surface area contributed by atoms with Crippen molar-refractivity contribution in [1.29, 1.82) is 0 Å². The monoisotopic (exact) mass is 317 g/mol. The number of aryl methyl sites for hydroxylation is 2. The van der Waals surface area contributed by atoms with Crippen LogP contribution in [-0.4, -0.2) is 7.05 Å². The first-order valence-electron chi connectivity index (χ1n) is 6.59. The highest BCUT2D eigenvalue weighted by Gasteiger charge is 2.14. The molecule has 0 amide bonds. The van der Waals surface area contributed by atoms with E-state index in [-0.39, 0.29) is 0 Å². The van der Waals surface area contributed by atoms with Crippen LogP contribution < -0.4 is 5.32 Å². The van der Waals surface area contributed by atoms with E-state index in [4.69, 9.17) is 0 Å². The molecule has 19 heavy (non-hydrogen) atoms. The predicted molar refractivity (Wildman–Crippen MR) is 85.6 cm³/mol. The Balaban J connectivity index is 2.30. The van der Waals surface area contributed by atoms with Crippen molar-refractivity contribution in [3.8, 4) is 0 Å². The molecule has 0 radical (unpaired) electrons. The summed E-state index contributed by atoms with van der Waals surface area (Å²) >= 11 is 3.63. The van der Waals surface area contributed by atoms with Crippen LogP contribution in [0.5, 0.6) is 0 Å². The molecule has 2 heteroatoms. The minimum absolute atomic E-state index is 0.346. The molecular formula is C17H20BrN. The van der Waals surface area contributed by atoms with Gasteiger partial charge in [0.15, 0.2) is 0 Å². The first kappa shape index (κ1) is 14.3. The van der Waals surface area contributed by atoms with Gasteiger partial charge >= 0.3 is 0 Å². The number of halogens is 1. The third-order valence-electron chi connectivity index (χ3n) is 3.54. The van der Waals surface area contributed by atoms with Crippen molar-refractivity contribution >= 4 is 15.9 Å². The van der Waals surface area contributed by atoms with Crippen molar-refractivity contribution in [3.63, 3.8) is 0 Å². The van der Waals surface area contributed by atoms with E-state index in [0.29, 0.717) is 6.04 Å². The number of likely N-dealkylation sites (N-methyl/N-ethyl adjacent to an activating group) is 1. The molecule has 0 aromatic heterocycles. The molecule has 0 saturated heterocycles. The molecule has 100 valence electrons. The predicted octanol–water partition coefficient (Wildman–Crippen LogP) is 4.57. The van der Waals surface area contributed by atoms with Gasteiger partial charge in [-0.15, -0.1) is 0 Å². The Kier molecular flexibility index (Phi) is 4.78. The van der Waals surface area contributed by atoms with Crippen LogP contribution in [0.15, 0.2) is 46.9 Å². The lowest BCUT2D eigenvalue weighted by Gasteiger charge is -2.20. The van der Waals surface area contributed by atoms with Crippen LogP contribution in [0, 0.1) is 13.8 Å². The molecule has 0 bridgehead atoms. The molecule has 0 aliphatic rings. The Morgan fingerprint density at radius 2 is 1.84 bits per heavy atom. The van der Waals surface area contributed by atoms with E-state index in [1.807, 2.05) is 7.05 Å². The number of benzene rings is 2. The van der Waals surface area contributed by atoms with Crippen LogP contribution in [0.25, 0.3) is 0 Å². The maximum absolute atomic E-state index is 3.63. The van der Waals surface area contributed by atoms with Crippen LogP contribution in [0.2, 0.25) is 0 Å². The van der Waals surface area contributed by atoms with E-state index in [1.54, 1.807) is 0 Å². The van der Waals surface area contributed by atoms with Gasteiger partial charge in [-0.2, -0.15) is 0 Å². The molecule has 2 aromatic rings. The lowest BCUT2D eigenvalue weighted by Crippen LogP contribution is -2.20. The molecule has 0 aliphatic heterocycles. The fourth-order valence-corrected chi connectivity index (χ4v) is 2.83. The van der Waals surface area contributed by atoms with Gasteiger partial charge in [-0.3, -0.25) is 0 Å². The molecule has 2 rings (SSSR count).